The van der Waals surface area contributed by atoms with Crippen LogP contribution in [0.1, 0.15) is 17.3 Å². The molecule has 2 rings (SSSR count). The Balaban J connectivity index is 2.30. The maximum absolute atomic E-state index is 13.6. The predicted octanol–water partition coefficient (Wildman–Crippen LogP) is 0.965. The molecule has 1 amide bonds. The molecular weight excluding hydrogens is 223 g/mol. The summed E-state index contributed by atoms with van der Waals surface area (Å²) in [5.74, 6) is -1.81. The van der Waals surface area contributed by atoms with E-state index in [0.29, 0.717) is 13.1 Å². The van der Waals surface area contributed by atoms with Crippen LogP contribution in [0.2, 0.25) is 0 Å². The molecule has 17 heavy (non-hydrogen) atoms. The van der Waals surface area contributed by atoms with Crippen molar-refractivity contribution < 1.29 is 14.0 Å². The first-order chi connectivity index (χ1) is 8.16. The van der Waals surface area contributed by atoms with Crippen LogP contribution < -0.4 is 10.2 Å². The Morgan fingerprint density at radius 2 is 2.12 bits per heavy atom. The number of carbonyl (C=O) groups excluding carboxylic acids is 2. The molecule has 1 aromatic rings. The van der Waals surface area contributed by atoms with Crippen molar-refractivity contribution in [3.8, 4) is 0 Å². The third kappa shape index (κ3) is 1.93. The van der Waals surface area contributed by atoms with Gasteiger partial charge in [-0.1, -0.05) is 13.0 Å². The molecule has 5 heteroatoms. The molecule has 1 aliphatic rings. The lowest BCUT2D eigenvalue weighted by molar-refractivity contribution is -0.114. The van der Waals surface area contributed by atoms with Crippen LogP contribution >= 0.6 is 0 Å². The lowest BCUT2D eigenvalue weighted by atomic mass is 10.1. The Morgan fingerprint density at radius 3 is 2.82 bits per heavy atom. The van der Waals surface area contributed by atoms with Gasteiger partial charge in [-0.2, -0.15) is 0 Å². The van der Waals surface area contributed by atoms with Gasteiger partial charge in [-0.15, -0.1) is 0 Å². The summed E-state index contributed by atoms with van der Waals surface area (Å²) >= 11 is 0. The number of para-hydroxylation sites is 1. The SMILES string of the molecule is CCNCCN1C(=O)C(=O)c2cccc(F)c21. The molecule has 0 saturated carbocycles. The van der Waals surface area contributed by atoms with Gasteiger partial charge < -0.3 is 10.2 Å². The van der Waals surface area contributed by atoms with E-state index < -0.39 is 17.5 Å². The fraction of sp³-hybridized carbons (Fsp3) is 0.333. The largest absolute Gasteiger partial charge is 0.315 e. The average Bonchev–Trinajstić information content (AvgIpc) is 2.56. The normalized spacial score (nSPS) is 14.4. The molecule has 1 heterocycles. The molecule has 0 aromatic heterocycles. The number of carbonyl (C=O) groups is 2. The summed E-state index contributed by atoms with van der Waals surface area (Å²) in [4.78, 5) is 24.5. The second-order valence-electron chi connectivity index (χ2n) is 3.78. The Kier molecular flexibility index (Phi) is 3.19. The molecule has 0 bridgehead atoms. The number of halogens is 1. The minimum atomic E-state index is -0.650. The van der Waals surface area contributed by atoms with Crippen LogP contribution in [0.5, 0.6) is 0 Å². The van der Waals surface area contributed by atoms with Crippen molar-refractivity contribution in [3.05, 3.63) is 29.6 Å². The standard InChI is InChI=1S/C12H13FN2O2/c1-2-14-6-7-15-10-8(11(16)12(15)17)4-3-5-9(10)13/h3-5,14H,2,6-7H2,1H3. The minimum Gasteiger partial charge on any atom is -0.315 e. The third-order valence-electron chi connectivity index (χ3n) is 2.70. The van der Waals surface area contributed by atoms with E-state index in [1.807, 2.05) is 6.92 Å². The monoisotopic (exact) mass is 236 g/mol. The second kappa shape index (κ2) is 4.63. The number of benzene rings is 1. The number of hydrogen-bond donors (Lipinski definition) is 1. The maximum atomic E-state index is 13.6. The number of likely N-dealkylation sites (N-methyl/N-ethyl adjacent to an activating group) is 1. The number of hydrogen-bond acceptors (Lipinski definition) is 3. The van der Waals surface area contributed by atoms with Gasteiger partial charge >= 0.3 is 0 Å². The highest BCUT2D eigenvalue weighted by Gasteiger charge is 2.37. The molecule has 0 atom stereocenters. The molecule has 0 saturated heterocycles. The number of nitrogens with one attached hydrogen (secondary N) is 1. The van der Waals surface area contributed by atoms with Crippen molar-refractivity contribution in [1.82, 2.24) is 5.32 Å². The zero-order valence-electron chi connectivity index (χ0n) is 9.50. The number of fused-ring (bicyclic) bond motifs is 1. The van der Waals surface area contributed by atoms with Crippen molar-refractivity contribution in [2.24, 2.45) is 0 Å². The highest BCUT2D eigenvalue weighted by atomic mass is 19.1. The minimum absolute atomic E-state index is 0.111. The van der Waals surface area contributed by atoms with Crippen molar-refractivity contribution in [1.29, 1.82) is 0 Å². The van der Waals surface area contributed by atoms with E-state index >= 15 is 0 Å². The van der Waals surface area contributed by atoms with Crippen molar-refractivity contribution in [2.45, 2.75) is 6.92 Å². The van der Waals surface area contributed by atoms with Gasteiger partial charge in [0.25, 0.3) is 11.7 Å². The lowest BCUT2D eigenvalue weighted by Crippen LogP contribution is -2.36. The molecule has 90 valence electrons. The number of nitrogens with zero attached hydrogens (tertiary/aromatic N) is 1. The molecule has 1 N–H and O–H groups in total. The van der Waals surface area contributed by atoms with Crippen LogP contribution in [-0.4, -0.2) is 31.3 Å². The molecule has 0 spiro atoms. The van der Waals surface area contributed by atoms with E-state index in [1.165, 1.54) is 23.1 Å². The van der Waals surface area contributed by atoms with E-state index in [4.69, 9.17) is 0 Å². The van der Waals surface area contributed by atoms with Gasteiger partial charge in [-0.25, -0.2) is 4.39 Å². The number of rotatable bonds is 4. The summed E-state index contributed by atoms with van der Waals surface area (Å²) in [5, 5.41) is 3.03. The predicted molar refractivity (Wildman–Crippen MR) is 61.6 cm³/mol. The van der Waals surface area contributed by atoms with E-state index in [2.05, 4.69) is 5.32 Å². The van der Waals surface area contributed by atoms with Crippen LogP contribution in [0, 0.1) is 5.82 Å². The van der Waals surface area contributed by atoms with E-state index in [-0.39, 0.29) is 11.3 Å². The summed E-state index contributed by atoms with van der Waals surface area (Å²) in [6.45, 7) is 3.53. The van der Waals surface area contributed by atoms with Crippen molar-refractivity contribution >= 4 is 17.4 Å². The zero-order valence-corrected chi connectivity index (χ0v) is 9.50. The van der Waals surface area contributed by atoms with Gasteiger partial charge in [0, 0.05) is 13.1 Å². The quantitative estimate of drug-likeness (QED) is 0.626. The van der Waals surface area contributed by atoms with Crippen LogP contribution in [-0.2, 0) is 4.79 Å². The first-order valence-electron chi connectivity index (χ1n) is 5.52. The van der Waals surface area contributed by atoms with E-state index in [9.17, 15) is 14.0 Å². The number of Topliss-reactive ketones (excluding diaryl/α,β-unsaturated/α-hetero) is 1. The Labute approximate surface area is 98.4 Å². The zero-order chi connectivity index (χ0) is 12.4. The molecule has 0 radical (unpaired) electrons. The third-order valence-corrected chi connectivity index (χ3v) is 2.70. The van der Waals surface area contributed by atoms with Crippen LogP contribution in [0.3, 0.4) is 0 Å². The molecule has 4 nitrogen and oxygen atoms in total. The van der Waals surface area contributed by atoms with Crippen molar-refractivity contribution in [3.63, 3.8) is 0 Å². The second-order valence-corrected chi connectivity index (χ2v) is 3.78. The average molecular weight is 236 g/mol. The fourth-order valence-corrected chi connectivity index (χ4v) is 1.89. The van der Waals surface area contributed by atoms with Gasteiger partial charge in [-0.3, -0.25) is 9.59 Å². The van der Waals surface area contributed by atoms with Gasteiger partial charge in [-0.05, 0) is 18.7 Å². The molecule has 0 aliphatic carbocycles. The van der Waals surface area contributed by atoms with Crippen LogP contribution in [0.15, 0.2) is 18.2 Å². The topological polar surface area (TPSA) is 49.4 Å². The summed E-state index contributed by atoms with van der Waals surface area (Å²) in [6.07, 6.45) is 0. The van der Waals surface area contributed by atoms with Crippen molar-refractivity contribution in [2.75, 3.05) is 24.5 Å². The number of anilines is 1. The van der Waals surface area contributed by atoms with E-state index in [1.54, 1.807) is 0 Å². The Bertz CT molecular complexity index is 474. The smallest absolute Gasteiger partial charge is 0.299 e. The Hall–Kier alpha value is -1.75. The number of amides is 1. The van der Waals surface area contributed by atoms with Gasteiger partial charge in [0.2, 0.25) is 0 Å². The maximum Gasteiger partial charge on any atom is 0.299 e. The van der Waals surface area contributed by atoms with Gasteiger partial charge in [0.15, 0.2) is 0 Å². The first-order valence-corrected chi connectivity index (χ1v) is 5.52. The Morgan fingerprint density at radius 1 is 1.35 bits per heavy atom. The molecule has 1 aromatic carbocycles. The summed E-state index contributed by atoms with van der Waals surface area (Å²) in [7, 11) is 0. The van der Waals surface area contributed by atoms with Crippen LogP contribution in [0.4, 0.5) is 10.1 Å². The molecule has 0 unspecified atom stereocenters. The highest BCUT2D eigenvalue weighted by Crippen LogP contribution is 2.30. The van der Waals surface area contributed by atoms with Gasteiger partial charge in [0.1, 0.15) is 5.82 Å². The van der Waals surface area contributed by atoms with Crippen LogP contribution in [0.25, 0.3) is 0 Å². The van der Waals surface area contributed by atoms with E-state index in [0.717, 1.165) is 6.54 Å². The number of ketones is 1. The highest BCUT2D eigenvalue weighted by molar-refractivity contribution is 6.52. The van der Waals surface area contributed by atoms with Gasteiger partial charge in [0.05, 0.1) is 11.3 Å². The summed E-state index contributed by atoms with van der Waals surface area (Å²) in [5.41, 5.74) is 0.270. The molecular formula is C12H13FN2O2. The lowest BCUT2D eigenvalue weighted by Gasteiger charge is -2.16. The molecule has 0 fully saturated rings. The fourth-order valence-electron chi connectivity index (χ4n) is 1.89. The molecule has 1 aliphatic heterocycles. The summed E-state index contributed by atoms with van der Waals surface area (Å²) < 4.78 is 13.6. The summed E-state index contributed by atoms with van der Waals surface area (Å²) in [6, 6.07) is 4.17. The first kappa shape index (κ1) is 11.7.